The van der Waals surface area contributed by atoms with E-state index in [1.54, 1.807) is 48.5 Å². The van der Waals surface area contributed by atoms with Gasteiger partial charge in [-0.3, -0.25) is 0 Å². The van der Waals surface area contributed by atoms with Gasteiger partial charge < -0.3 is 10.2 Å². The van der Waals surface area contributed by atoms with Crippen molar-refractivity contribution in [2.24, 2.45) is 0 Å². The fourth-order valence-corrected chi connectivity index (χ4v) is 3.33. The van der Waals surface area contributed by atoms with Gasteiger partial charge in [-0.1, -0.05) is 21.6 Å². The van der Waals surface area contributed by atoms with Crippen molar-refractivity contribution in [2.75, 3.05) is 0 Å². The summed E-state index contributed by atoms with van der Waals surface area (Å²) in [5, 5.41) is 17.6. The minimum absolute atomic E-state index is 0.255. The van der Waals surface area contributed by atoms with Crippen molar-refractivity contribution in [3.63, 3.8) is 0 Å². The van der Waals surface area contributed by atoms with Crippen molar-refractivity contribution in [1.29, 1.82) is 0 Å². The Morgan fingerprint density at radius 2 is 0.950 bits per heavy atom. The molecular formula is C14H10O4S2. The maximum absolute atomic E-state index is 10.7. The van der Waals surface area contributed by atoms with Crippen LogP contribution >= 0.6 is 21.6 Å². The summed E-state index contributed by atoms with van der Waals surface area (Å²) >= 11 is 0. The Morgan fingerprint density at radius 3 is 1.20 bits per heavy atom. The zero-order valence-corrected chi connectivity index (χ0v) is 11.8. The van der Waals surface area contributed by atoms with E-state index in [0.717, 1.165) is 9.79 Å². The van der Waals surface area contributed by atoms with Crippen molar-refractivity contribution in [2.45, 2.75) is 9.79 Å². The van der Waals surface area contributed by atoms with E-state index in [2.05, 4.69) is 0 Å². The van der Waals surface area contributed by atoms with E-state index in [0.29, 0.717) is 0 Å². The molecule has 4 nitrogen and oxygen atoms in total. The van der Waals surface area contributed by atoms with Crippen LogP contribution in [-0.2, 0) is 0 Å². The summed E-state index contributed by atoms with van der Waals surface area (Å²) in [7, 11) is 2.97. The first-order valence-electron chi connectivity index (χ1n) is 5.57. The van der Waals surface area contributed by atoms with Crippen molar-refractivity contribution in [3.05, 3.63) is 59.7 Å². The van der Waals surface area contributed by atoms with Gasteiger partial charge in [-0.15, -0.1) is 0 Å². The van der Waals surface area contributed by atoms with Gasteiger partial charge in [0.1, 0.15) is 0 Å². The molecule has 2 aromatic carbocycles. The third-order valence-corrected chi connectivity index (χ3v) is 4.85. The van der Waals surface area contributed by atoms with Crippen LogP contribution in [0.2, 0.25) is 0 Å². The Kier molecular flexibility index (Phi) is 4.70. The summed E-state index contributed by atoms with van der Waals surface area (Å²) < 4.78 is 0. The number of hydrogen-bond donors (Lipinski definition) is 2. The van der Waals surface area contributed by atoms with Crippen molar-refractivity contribution in [3.8, 4) is 0 Å². The quantitative estimate of drug-likeness (QED) is 0.816. The average molecular weight is 306 g/mol. The Hall–Kier alpha value is -1.92. The summed E-state index contributed by atoms with van der Waals surface area (Å²) in [6.45, 7) is 0. The monoisotopic (exact) mass is 306 g/mol. The summed E-state index contributed by atoms with van der Waals surface area (Å²) in [6.07, 6.45) is 0. The van der Waals surface area contributed by atoms with Gasteiger partial charge >= 0.3 is 11.9 Å². The van der Waals surface area contributed by atoms with Gasteiger partial charge in [0.05, 0.1) is 11.1 Å². The van der Waals surface area contributed by atoms with Crippen LogP contribution in [0.15, 0.2) is 58.3 Å². The van der Waals surface area contributed by atoms with Crippen LogP contribution in [0.25, 0.3) is 0 Å². The van der Waals surface area contributed by atoms with Gasteiger partial charge in [0.15, 0.2) is 0 Å². The van der Waals surface area contributed by atoms with Crippen molar-refractivity contribution >= 4 is 33.5 Å². The molecule has 0 bridgehead atoms. The summed E-state index contributed by atoms with van der Waals surface area (Å²) in [4.78, 5) is 23.3. The molecule has 0 saturated heterocycles. The van der Waals surface area contributed by atoms with Crippen molar-refractivity contribution < 1.29 is 19.8 Å². The van der Waals surface area contributed by atoms with Gasteiger partial charge in [0.25, 0.3) is 0 Å². The molecule has 0 atom stereocenters. The van der Waals surface area contributed by atoms with Crippen molar-refractivity contribution in [1.82, 2.24) is 0 Å². The largest absolute Gasteiger partial charge is 0.478 e. The Balaban J connectivity index is 1.97. The molecule has 0 spiro atoms. The number of hydrogen-bond acceptors (Lipinski definition) is 4. The number of carboxylic acids is 2. The van der Waals surface area contributed by atoms with Crippen LogP contribution in [0.3, 0.4) is 0 Å². The fourth-order valence-electron chi connectivity index (χ4n) is 1.40. The highest BCUT2D eigenvalue weighted by Crippen LogP contribution is 2.37. The average Bonchev–Trinajstić information content (AvgIpc) is 2.46. The van der Waals surface area contributed by atoms with E-state index < -0.39 is 11.9 Å². The normalized spacial score (nSPS) is 10.2. The zero-order valence-electron chi connectivity index (χ0n) is 10.1. The lowest BCUT2D eigenvalue weighted by molar-refractivity contribution is 0.0686. The molecular weight excluding hydrogens is 296 g/mol. The summed E-state index contributed by atoms with van der Waals surface area (Å²) in [6, 6.07) is 13.2. The van der Waals surface area contributed by atoms with Crippen LogP contribution in [-0.4, -0.2) is 22.2 Å². The molecule has 0 amide bonds. The second-order valence-corrected chi connectivity index (χ2v) is 6.10. The zero-order chi connectivity index (χ0) is 14.5. The van der Waals surface area contributed by atoms with E-state index in [4.69, 9.17) is 10.2 Å². The molecule has 2 aromatic rings. The maximum atomic E-state index is 10.7. The number of benzene rings is 2. The molecule has 0 heterocycles. The molecule has 2 rings (SSSR count). The predicted octanol–water partition coefficient (Wildman–Crippen LogP) is 3.88. The highest BCUT2D eigenvalue weighted by Gasteiger charge is 2.04. The highest BCUT2D eigenvalue weighted by molar-refractivity contribution is 8.76. The molecule has 20 heavy (non-hydrogen) atoms. The molecule has 0 saturated carbocycles. The van der Waals surface area contributed by atoms with E-state index in [1.165, 1.54) is 21.6 Å². The first-order valence-corrected chi connectivity index (χ1v) is 7.72. The third-order valence-electron chi connectivity index (χ3n) is 2.44. The van der Waals surface area contributed by atoms with E-state index >= 15 is 0 Å². The summed E-state index contributed by atoms with van der Waals surface area (Å²) in [5.41, 5.74) is 0.510. The molecule has 2 N–H and O–H groups in total. The summed E-state index contributed by atoms with van der Waals surface area (Å²) in [5.74, 6) is -1.89. The van der Waals surface area contributed by atoms with Gasteiger partial charge in [-0.05, 0) is 48.5 Å². The molecule has 102 valence electrons. The molecule has 0 aromatic heterocycles. The molecule has 0 fully saturated rings. The first kappa shape index (κ1) is 14.5. The van der Waals surface area contributed by atoms with Crippen LogP contribution in [0.4, 0.5) is 0 Å². The highest BCUT2D eigenvalue weighted by atomic mass is 33.1. The van der Waals surface area contributed by atoms with E-state index in [-0.39, 0.29) is 11.1 Å². The smallest absolute Gasteiger partial charge is 0.335 e. The number of aromatic carboxylic acids is 2. The van der Waals surface area contributed by atoms with Gasteiger partial charge in [0, 0.05) is 9.79 Å². The maximum Gasteiger partial charge on any atom is 0.335 e. The number of carboxylic acid groups (broad SMARTS) is 2. The molecule has 0 aliphatic heterocycles. The van der Waals surface area contributed by atoms with Crippen LogP contribution in [0.5, 0.6) is 0 Å². The third kappa shape index (κ3) is 3.79. The van der Waals surface area contributed by atoms with Crippen LogP contribution in [0.1, 0.15) is 20.7 Å². The van der Waals surface area contributed by atoms with E-state index in [1.807, 2.05) is 0 Å². The Morgan fingerprint density at radius 1 is 0.650 bits per heavy atom. The standard InChI is InChI=1S/C14H10O4S2/c15-13(16)9-1-5-11(6-2-9)19-20-12-7-3-10(4-8-12)14(17)18/h1-8H,(H,15,16)(H,17,18). The SMILES string of the molecule is O=C(O)c1ccc(SSc2ccc(C(=O)O)cc2)cc1. The van der Waals surface area contributed by atoms with Gasteiger partial charge in [-0.25, -0.2) is 9.59 Å². The first-order chi connectivity index (χ1) is 9.56. The minimum Gasteiger partial charge on any atom is -0.478 e. The Bertz CT molecular complexity index is 563. The van der Waals surface area contributed by atoms with Gasteiger partial charge in [0.2, 0.25) is 0 Å². The minimum atomic E-state index is -0.946. The molecule has 0 aliphatic rings. The predicted molar refractivity (Wildman–Crippen MR) is 78.5 cm³/mol. The second kappa shape index (κ2) is 6.49. The molecule has 0 aliphatic carbocycles. The second-order valence-electron chi connectivity index (χ2n) is 3.83. The number of rotatable bonds is 5. The number of carbonyl (C=O) groups is 2. The lowest BCUT2D eigenvalue weighted by atomic mass is 10.2. The lowest BCUT2D eigenvalue weighted by Crippen LogP contribution is -1.94. The van der Waals surface area contributed by atoms with Crippen LogP contribution < -0.4 is 0 Å². The van der Waals surface area contributed by atoms with Crippen LogP contribution in [0, 0.1) is 0 Å². The lowest BCUT2D eigenvalue weighted by Gasteiger charge is -2.02. The van der Waals surface area contributed by atoms with Gasteiger partial charge in [-0.2, -0.15) is 0 Å². The molecule has 6 heteroatoms. The molecule has 0 unspecified atom stereocenters. The fraction of sp³-hybridized carbons (Fsp3) is 0. The topological polar surface area (TPSA) is 74.6 Å². The van der Waals surface area contributed by atoms with E-state index in [9.17, 15) is 9.59 Å². The molecule has 0 radical (unpaired) electrons. The Labute approximate surface area is 123 Å².